The van der Waals surface area contributed by atoms with Crippen molar-refractivity contribution in [2.24, 2.45) is 11.8 Å². The van der Waals surface area contributed by atoms with Crippen LogP contribution in [0.5, 0.6) is 0 Å². The van der Waals surface area contributed by atoms with E-state index in [1.807, 2.05) is 24.3 Å². The molecule has 5 heteroatoms. The molecule has 1 aromatic rings. The highest BCUT2D eigenvalue weighted by molar-refractivity contribution is 6.05. The summed E-state index contributed by atoms with van der Waals surface area (Å²) in [6.07, 6.45) is 8.43. The van der Waals surface area contributed by atoms with Crippen LogP contribution in [0.3, 0.4) is 0 Å². The quantitative estimate of drug-likeness (QED) is 0.669. The van der Waals surface area contributed by atoms with E-state index >= 15 is 0 Å². The number of carbonyl (C=O) groups is 3. The van der Waals surface area contributed by atoms with Crippen LogP contribution in [0.4, 0.5) is 0 Å². The van der Waals surface area contributed by atoms with E-state index in [1.165, 1.54) is 16.0 Å². The number of nitrogens with one attached hydrogen (secondary N) is 1. The summed E-state index contributed by atoms with van der Waals surface area (Å²) in [7, 11) is 0. The maximum absolute atomic E-state index is 12.5. The first-order valence-corrected chi connectivity index (χ1v) is 9.52. The lowest BCUT2D eigenvalue weighted by molar-refractivity contribution is -0.140. The molecular weight excluding hydrogens is 328 g/mol. The summed E-state index contributed by atoms with van der Waals surface area (Å²) in [5, 5.41) is 3.09. The van der Waals surface area contributed by atoms with Gasteiger partial charge in [0.05, 0.1) is 17.9 Å². The van der Waals surface area contributed by atoms with Gasteiger partial charge in [0.2, 0.25) is 17.7 Å². The molecular formula is C21H24N2O3. The molecule has 1 fully saturated rings. The topological polar surface area (TPSA) is 66.5 Å². The fourth-order valence-electron chi connectivity index (χ4n) is 4.47. The zero-order valence-electron chi connectivity index (χ0n) is 14.8. The maximum atomic E-state index is 12.5. The minimum Gasteiger partial charge on any atom is -0.349 e. The van der Waals surface area contributed by atoms with E-state index in [0.29, 0.717) is 12.8 Å². The molecule has 0 unspecified atom stereocenters. The minimum atomic E-state index is -0.221. The second-order valence-corrected chi connectivity index (χ2v) is 7.45. The van der Waals surface area contributed by atoms with E-state index in [1.54, 1.807) is 0 Å². The Kier molecular flexibility index (Phi) is 4.62. The molecule has 0 radical (unpaired) electrons. The molecule has 3 aliphatic rings. The first kappa shape index (κ1) is 17.0. The lowest BCUT2D eigenvalue weighted by atomic mass is 9.85. The number of imide groups is 1. The van der Waals surface area contributed by atoms with Gasteiger partial charge in [0, 0.05) is 13.0 Å². The van der Waals surface area contributed by atoms with Crippen LogP contribution in [-0.2, 0) is 20.8 Å². The number of hydrogen-bond acceptors (Lipinski definition) is 3. The predicted molar refractivity (Wildman–Crippen MR) is 97.0 cm³/mol. The first-order valence-electron chi connectivity index (χ1n) is 9.52. The van der Waals surface area contributed by atoms with Crippen LogP contribution in [0, 0.1) is 11.8 Å². The smallest absolute Gasteiger partial charge is 0.233 e. The first-order chi connectivity index (χ1) is 12.6. The van der Waals surface area contributed by atoms with E-state index in [-0.39, 0.29) is 48.6 Å². The van der Waals surface area contributed by atoms with Gasteiger partial charge >= 0.3 is 0 Å². The zero-order chi connectivity index (χ0) is 18.1. The van der Waals surface area contributed by atoms with Crippen molar-refractivity contribution in [2.75, 3.05) is 6.54 Å². The molecule has 3 atom stereocenters. The molecule has 3 amide bonds. The summed E-state index contributed by atoms with van der Waals surface area (Å²) < 4.78 is 0. The van der Waals surface area contributed by atoms with E-state index in [0.717, 1.165) is 19.3 Å². The van der Waals surface area contributed by atoms with Crippen molar-refractivity contribution in [3.05, 3.63) is 47.5 Å². The molecule has 26 heavy (non-hydrogen) atoms. The Morgan fingerprint density at radius 3 is 2.50 bits per heavy atom. The van der Waals surface area contributed by atoms with Crippen molar-refractivity contribution in [2.45, 2.75) is 44.6 Å². The second kappa shape index (κ2) is 7.06. The Morgan fingerprint density at radius 2 is 1.77 bits per heavy atom. The molecule has 0 bridgehead atoms. The third kappa shape index (κ3) is 3.06. The van der Waals surface area contributed by atoms with Gasteiger partial charge < -0.3 is 5.32 Å². The molecule has 1 saturated heterocycles. The van der Waals surface area contributed by atoms with Gasteiger partial charge in [-0.1, -0.05) is 36.4 Å². The van der Waals surface area contributed by atoms with E-state index in [2.05, 4.69) is 17.4 Å². The van der Waals surface area contributed by atoms with Gasteiger partial charge in [-0.2, -0.15) is 0 Å². The maximum Gasteiger partial charge on any atom is 0.233 e. The highest BCUT2D eigenvalue weighted by Gasteiger charge is 2.46. The Bertz CT molecular complexity index is 744. The number of allylic oxidation sites excluding steroid dienone is 2. The van der Waals surface area contributed by atoms with Crippen LogP contribution in [0.15, 0.2) is 36.4 Å². The fourth-order valence-corrected chi connectivity index (χ4v) is 4.47. The van der Waals surface area contributed by atoms with Crippen LogP contribution in [0.2, 0.25) is 0 Å². The molecule has 1 N–H and O–H groups in total. The Morgan fingerprint density at radius 1 is 1.08 bits per heavy atom. The van der Waals surface area contributed by atoms with Crippen molar-refractivity contribution in [1.82, 2.24) is 10.2 Å². The second-order valence-electron chi connectivity index (χ2n) is 7.45. The minimum absolute atomic E-state index is 0.0317. The third-order valence-corrected chi connectivity index (χ3v) is 5.87. The summed E-state index contributed by atoms with van der Waals surface area (Å²) >= 11 is 0. The van der Waals surface area contributed by atoms with Crippen molar-refractivity contribution >= 4 is 17.7 Å². The van der Waals surface area contributed by atoms with Crippen LogP contribution in [0.1, 0.15) is 49.3 Å². The average Bonchev–Trinajstić information content (AvgIpc) is 2.91. The molecule has 1 heterocycles. The van der Waals surface area contributed by atoms with E-state index in [4.69, 9.17) is 0 Å². The van der Waals surface area contributed by atoms with Gasteiger partial charge in [-0.3, -0.25) is 19.3 Å². The fraction of sp³-hybridized carbons (Fsp3) is 0.476. The van der Waals surface area contributed by atoms with Crippen molar-refractivity contribution in [3.8, 4) is 0 Å². The van der Waals surface area contributed by atoms with Crippen LogP contribution < -0.4 is 5.32 Å². The summed E-state index contributed by atoms with van der Waals surface area (Å²) in [5.74, 6) is -0.762. The highest BCUT2D eigenvalue weighted by Crippen LogP contribution is 2.35. The number of hydrogen-bond donors (Lipinski definition) is 1. The van der Waals surface area contributed by atoms with Gasteiger partial charge in [0.15, 0.2) is 0 Å². The Labute approximate surface area is 153 Å². The van der Waals surface area contributed by atoms with E-state index in [9.17, 15) is 14.4 Å². The van der Waals surface area contributed by atoms with Gasteiger partial charge in [-0.05, 0) is 43.2 Å². The Balaban J connectivity index is 1.35. The molecule has 2 aliphatic carbocycles. The third-order valence-electron chi connectivity index (χ3n) is 5.87. The number of aryl methyl sites for hydroxylation is 1. The van der Waals surface area contributed by atoms with E-state index < -0.39 is 0 Å². The molecule has 0 saturated carbocycles. The summed E-state index contributed by atoms with van der Waals surface area (Å²) in [6.45, 7) is 0.185. The number of benzene rings is 1. The van der Waals surface area contributed by atoms with Crippen molar-refractivity contribution in [1.29, 1.82) is 0 Å². The lowest BCUT2D eigenvalue weighted by Gasteiger charge is -2.26. The van der Waals surface area contributed by atoms with Gasteiger partial charge in [0.1, 0.15) is 0 Å². The summed E-state index contributed by atoms with van der Waals surface area (Å²) in [4.78, 5) is 38.6. The van der Waals surface area contributed by atoms with Gasteiger partial charge in [-0.25, -0.2) is 0 Å². The van der Waals surface area contributed by atoms with Gasteiger partial charge in [0.25, 0.3) is 0 Å². The predicted octanol–water partition coefficient (Wildman–Crippen LogP) is 2.52. The molecule has 1 aliphatic heterocycles. The molecule has 5 nitrogen and oxygen atoms in total. The highest BCUT2D eigenvalue weighted by atomic mass is 16.2. The molecule has 136 valence electrons. The standard InChI is InChI=1S/C21H24N2O3/c24-19(22-18-11-5-7-14-6-1-2-8-15(14)18)12-13-23-20(25)16-9-3-4-10-17(16)21(23)26/h1-4,6,8,16-18H,5,7,9-13H2,(H,22,24)/t16-,17-,18+/m0/s1. The number of carbonyl (C=O) groups excluding carboxylic acids is 3. The van der Waals surface area contributed by atoms with Crippen LogP contribution in [0.25, 0.3) is 0 Å². The largest absolute Gasteiger partial charge is 0.349 e. The zero-order valence-corrected chi connectivity index (χ0v) is 14.8. The molecule has 0 aromatic heterocycles. The van der Waals surface area contributed by atoms with Crippen LogP contribution in [-0.4, -0.2) is 29.2 Å². The summed E-state index contributed by atoms with van der Waals surface area (Å²) in [6, 6.07) is 8.25. The number of amides is 3. The SMILES string of the molecule is O=C(CCN1C(=O)[C@H]2CC=CC[C@@H]2C1=O)N[C@@H]1CCCc2ccccc21. The number of rotatable bonds is 4. The average molecular weight is 352 g/mol. The molecule has 0 spiro atoms. The molecule has 1 aromatic carbocycles. The number of fused-ring (bicyclic) bond motifs is 2. The lowest BCUT2D eigenvalue weighted by Crippen LogP contribution is -2.37. The Hall–Kier alpha value is -2.43. The van der Waals surface area contributed by atoms with Crippen molar-refractivity contribution < 1.29 is 14.4 Å². The molecule has 4 rings (SSSR count). The number of nitrogens with zero attached hydrogens (tertiary/aromatic N) is 1. The summed E-state index contributed by atoms with van der Waals surface area (Å²) in [5.41, 5.74) is 2.49. The van der Waals surface area contributed by atoms with Crippen LogP contribution >= 0.6 is 0 Å². The van der Waals surface area contributed by atoms with Gasteiger partial charge in [-0.15, -0.1) is 0 Å². The number of likely N-dealkylation sites (tertiary alicyclic amines) is 1. The normalized spacial score (nSPS) is 27.2. The monoisotopic (exact) mass is 352 g/mol. The van der Waals surface area contributed by atoms with Crippen molar-refractivity contribution in [3.63, 3.8) is 0 Å².